The first kappa shape index (κ1) is 11.1. The van der Waals surface area contributed by atoms with Gasteiger partial charge in [0, 0.05) is 11.6 Å². The quantitative estimate of drug-likeness (QED) is 0.764. The third-order valence-electron chi connectivity index (χ3n) is 1.78. The average Bonchev–Trinajstić information content (AvgIpc) is 2.16. The summed E-state index contributed by atoms with van der Waals surface area (Å²) in [5.74, 6) is -0.0353. The van der Waals surface area contributed by atoms with Crippen molar-refractivity contribution in [3.05, 3.63) is 33.2 Å². The van der Waals surface area contributed by atoms with Gasteiger partial charge in [-0.1, -0.05) is 0 Å². The van der Waals surface area contributed by atoms with Gasteiger partial charge in [0.2, 0.25) is 0 Å². The maximum atomic E-state index is 12.3. The standard InChI is InChI=1S/C8H8ClF2NO2/c9-2-4-1-5(7(10)11)8(14)12-6(4)3-13/h1,7,13H,2-3H2,(H,12,14). The molecule has 1 heterocycles. The summed E-state index contributed by atoms with van der Waals surface area (Å²) in [6.07, 6.45) is -2.84. The molecular formula is C8H8ClF2NO2. The minimum absolute atomic E-state index is 0.0353. The molecule has 0 saturated carbocycles. The Hall–Kier alpha value is -0.940. The molecule has 0 fully saturated rings. The lowest BCUT2D eigenvalue weighted by atomic mass is 10.1. The van der Waals surface area contributed by atoms with Gasteiger partial charge in [0.15, 0.2) is 0 Å². The number of rotatable bonds is 3. The second-order valence-corrected chi connectivity index (χ2v) is 2.92. The number of alkyl halides is 3. The van der Waals surface area contributed by atoms with E-state index >= 15 is 0 Å². The number of aromatic amines is 1. The van der Waals surface area contributed by atoms with Crippen molar-refractivity contribution in [2.24, 2.45) is 0 Å². The van der Waals surface area contributed by atoms with Crippen LogP contribution in [0.3, 0.4) is 0 Å². The van der Waals surface area contributed by atoms with E-state index in [4.69, 9.17) is 16.7 Å². The maximum Gasteiger partial charge on any atom is 0.269 e. The summed E-state index contributed by atoms with van der Waals surface area (Å²) >= 11 is 5.46. The maximum absolute atomic E-state index is 12.3. The topological polar surface area (TPSA) is 53.1 Å². The summed E-state index contributed by atoms with van der Waals surface area (Å²) in [6, 6.07) is 1.02. The van der Waals surface area contributed by atoms with Crippen molar-refractivity contribution in [2.75, 3.05) is 0 Å². The first-order valence-electron chi connectivity index (χ1n) is 3.80. The summed E-state index contributed by atoms with van der Waals surface area (Å²) < 4.78 is 24.5. The summed E-state index contributed by atoms with van der Waals surface area (Å²) in [4.78, 5) is 13.2. The fourth-order valence-corrected chi connectivity index (χ4v) is 1.29. The largest absolute Gasteiger partial charge is 0.390 e. The summed E-state index contributed by atoms with van der Waals surface area (Å²) in [7, 11) is 0. The highest BCUT2D eigenvalue weighted by Crippen LogP contribution is 2.18. The zero-order chi connectivity index (χ0) is 10.7. The zero-order valence-corrected chi connectivity index (χ0v) is 7.81. The molecule has 1 rings (SSSR count). The van der Waals surface area contributed by atoms with Gasteiger partial charge in [0.05, 0.1) is 12.2 Å². The van der Waals surface area contributed by atoms with E-state index in [1.807, 2.05) is 0 Å². The van der Waals surface area contributed by atoms with Crippen molar-refractivity contribution < 1.29 is 13.9 Å². The third kappa shape index (κ3) is 2.10. The van der Waals surface area contributed by atoms with Crippen LogP contribution in [0.15, 0.2) is 10.9 Å². The summed E-state index contributed by atoms with van der Waals surface area (Å²) in [6.45, 7) is -0.430. The van der Waals surface area contributed by atoms with E-state index in [1.54, 1.807) is 0 Å². The Morgan fingerprint density at radius 3 is 2.64 bits per heavy atom. The Morgan fingerprint density at radius 2 is 2.21 bits per heavy atom. The molecule has 1 aromatic rings. The number of hydrogen-bond donors (Lipinski definition) is 2. The number of nitrogens with one attached hydrogen (secondary N) is 1. The van der Waals surface area contributed by atoms with Gasteiger partial charge >= 0.3 is 0 Å². The number of halogens is 3. The Balaban J connectivity index is 3.31. The first-order chi connectivity index (χ1) is 6.60. The molecule has 3 nitrogen and oxygen atoms in total. The zero-order valence-electron chi connectivity index (χ0n) is 7.06. The molecule has 0 atom stereocenters. The third-order valence-corrected chi connectivity index (χ3v) is 2.07. The fourth-order valence-electron chi connectivity index (χ4n) is 1.05. The highest BCUT2D eigenvalue weighted by molar-refractivity contribution is 6.17. The summed E-state index contributed by atoms with van der Waals surface area (Å²) in [5.41, 5.74) is -1.03. The van der Waals surface area contributed by atoms with Crippen LogP contribution in [0.25, 0.3) is 0 Å². The predicted molar refractivity (Wildman–Crippen MR) is 47.5 cm³/mol. The molecular weight excluding hydrogens is 216 g/mol. The highest BCUT2D eigenvalue weighted by atomic mass is 35.5. The second kappa shape index (κ2) is 4.52. The van der Waals surface area contributed by atoms with Crippen molar-refractivity contribution in [1.82, 2.24) is 4.98 Å². The molecule has 0 aromatic carbocycles. The van der Waals surface area contributed by atoms with Crippen LogP contribution in [0.2, 0.25) is 0 Å². The van der Waals surface area contributed by atoms with Gasteiger partial charge in [-0.2, -0.15) is 0 Å². The molecule has 0 bridgehead atoms. The lowest BCUT2D eigenvalue weighted by Gasteiger charge is -2.06. The summed E-state index contributed by atoms with van der Waals surface area (Å²) in [5, 5.41) is 8.79. The van der Waals surface area contributed by atoms with E-state index < -0.39 is 24.2 Å². The van der Waals surface area contributed by atoms with Crippen molar-refractivity contribution in [3.8, 4) is 0 Å². The van der Waals surface area contributed by atoms with Crippen molar-refractivity contribution in [2.45, 2.75) is 18.9 Å². The molecule has 0 aliphatic heterocycles. The van der Waals surface area contributed by atoms with E-state index in [2.05, 4.69) is 4.98 Å². The van der Waals surface area contributed by atoms with Crippen LogP contribution in [-0.2, 0) is 12.5 Å². The molecule has 0 unspecified atom stereocenters. The van der Waals surface area contributed by atoms with Crippen molar-refractivity contribution >= 4 is 11.6 Å². The molecule has 2 N–H and O–H groups in total. The molecule has 0 aliphatic carbocycles. The van der Waals surface area contributed by atoms with E-state index in [1.165, 1.54) is 0 Å². The molecule has 0 spiro atoms. The van der Waals surface area contributed by atoms with Crippen LogP contribution in [0, 0.1) is 0 Å². The minimum Gasteiger partial charge on any atom is -0.390 e. The average molecular weight is 224 g/mol. The number of aliphatic hydroxyl groups is 1. The second-order valence-electron chi connectivity index (χ2n) is 2.65. The van der Waals surface area contributed by atoms with Crippen LogP contribution in [0.1, 0.15) is 23.2 Å². The molecule has 0 aliphatic rings. The fraction of sp³-hybridized carbons (Fsp3) is 0.375. The van der Waals surface area contributed by atoms with Crippen LogP contribution in [0.5, 0.6) is 0 Å². The number of H-pyrrole nitrogens is 1. The monoisotopic (exact) mass is 223 g/mol. The number of aliphatic hydroxyl groups excluding tert-OH is 1. The molecule has 6 heteroatoms. The lowest BCUT2D eigenvalue weighted by molar-refractivity contribution is 0.149. The predicted octanol–water partition coefficient (Wildman–Crippen LogP) is 1.54. The molecule has 1 aromatic heterocycles. The van der Waals surface area contributed by atoms with Crippen LogP contribution < -0.4 is 5.56 Å². The van der Waals surface area contributed by atoms with Crippen LogP contribution in [0.4, 0.5) is 8.78 Å². The Morgan fingerprint density at radius 1 is 1.57 bits per heavy atom. The minimum atomic E-state index is -2.84. The van der Waals surface area contributed by atoms with E-state index in [0.29, 0.717) is 5.56 Å². The van der Waals surface area contributed by atoms with Gasteiger partial charge < -0.3 is 10.1 Å². The smallest absolute Gasteiger partial charge is 0.269 e. The molecule has 14 heavy (non-hydrogen) atoms. The Kier molecular flexibility index (Phi) is 3.60. The highest BCUT2D eigenvalue weighted by Gasteiger charge is 2.14. The lowest BCUT2D eigenvalue weighted by Crippen LogP contribution is -2.17. The molecule has 78 valence electrons. The molecule has 0 amide bonds. The number of pyridine rings is 1. The van der Waals surface area contributed by atoms with E-state index in [-0.39, 0.29) is 11.6 Å². The van der Waals surface area contributed by atoms with Gasteiger partial charge in [-0.05, 0) is 11.6 Å². The van der Waals surface area contributed by atoms with E-state index in [9.17, 15) is 13.6 Å². The molecule has 0 radical (unpaired) electrons. The van der Waals surface area contributed by atoms with Gasteiger partial charge in [-0.3, -0.25) is 4.79 Å². The Bertz CT molecular complexity index is 378. The van der Waals surface area contributed by atoms with Crippen molar-refractivity contribution in [1.29, 1.82) is 0 Å². The number of hydrogen-bond acceptors (Lipinski definition) is 2. The van der Waals surface area contributed by atoms with Gasteiger partial charge in [-0.25, -0.2) is 8.78 Å². The van der Waals surface area contributed by atoms with Crippen LogP contribution >= 0.6 is 11.6 Å². The number of aromatic nitrogens is 1. The van der Waals surface area contributed by atoms with E-state index in [0.717, 1.165) is 6.07 Å². The van der Waals surface area contributed by atoms with Gasteiger partial charge in [0.25, 0.3) is 12.0 Å². The van der Waals surface area contributed by atoms with Gasteiger partial charge in [0.1, 0.15) is 0 Å². The normalized spacial score (nSPS) is 10.9. The molecule has 0 saturated heterocycles. The SMILES string of the molecule is O=c1[nH]c(CO)c(CCl)cc1C(F)F. The Labute approximate surface area is 83.3 Å². The van der Waals surface area contributed by atoms with Gasteiger partial charge in [-0.15, -0.1) is 11.6 Å². The van der Waals surface area contributed by atoms with Crippen molar-refractivity contribution in [3.63, 3.8) is 0 Å². The van der Waals surface area contributed by atoms with Crippen LogP contribution in [-0.4, -0.2) is 10.1 Å². The first-order valence-corrected chi connectivity index (χ1v) is 4.33.